The molecule has 10 nitrogen and oxygen atoms in total. The minimum absolute atomic E-state index is 0.0499. The molecule has 4 N–H and O–H groups in total. The number of phosphoric acid groups is 1. The average molecular weight is 480 g/mol. The first-order valence-corrected chi connectivity index (χ1v) is 11.6. The molecule has 0 aliphatic rings. The Balaban J connectivity index is 0.00000265. The maximum atomic E-state index is 12.9. The fourth-order valence-electron chi connectivity index (χ4n) is 2.52. The Morgan fingerprint density at radius 2 is 1.85 bits per heavy atom. The first-order chi connectivity index (χ1) is 16.0. The fourth-order valence-corrected chi connectivity index (χ4v) is 3.34. The number of carbonyl (C=O) groups excluding carboxylic acids is 2. The lowest BCUT2D eigenvalue weighted by Crippen LogP contribution is -2.24. The highest BCUT2D eigenvalue weighted by Gasteiger charge is 2.38. The van der Waals surface area contributed by atoms with E-state index in [0.717, 1.165) is 30.7 Å². The van der Waals surface area contributed by atoms with E-state index < -0.39 is 19.9 Å². The first-order valence-electron chi connectivity index (χ1n) is 10.2. The number of allylic oxidation sites excluding steroid dienone is 1. The Morgan fingerprint density at radius 3 is 2.58 bits per heavy atom. The average Bonchev–Trinajstić information content (AvgIpc) is 2.82. The van der Waals surface area contributed by atoms with Gasteiger partial charge in [-0.2, -0.15) is 0 Å². The molecule has 0 saturated heterocycles. The van der Waals surface area contributed by atoms with Gasteiger partial charge in [-0.25, -0.2) is 20.1 Å². The van der Waals surface area contributed by atoms with Gasteiger partial charge in [-0.1, -0.05) is 73.0 Å². The molecule has 1 atom stereocenters. The summed E-state index contributed by atoms with van der Waals surface area (Å²) in [5.41, 5.74) is 0. The largest absolute Gasteiger partial charge is 0.631 e. The van der Waals surface area contributed by atoms with Gasteiger partial charge in [-0.3, -0.25) is 0 Å². The number of rotatable bonds is 12. The predicted octanol–water partition coefficient (Wildman–Crippen LogP) is 5.18. The van der Waals surface area contributed by atoms with Gasteiger partial charge in [0.05, 0.1) is 0 Å². The Kier molecular flexibility index (Phi) is 13.2. The highest BCUT2D eigenvalue weighted by atomic mass is 31.2. The van der Waals surface area contributed by atoms with Crippen LogP contribution in [0.2, 0.25) is 0 Å². The van der Waals surface area contributed by atoms with Crippen LogP contribution in [0.4, 0.5) is 4.79 Å². The second-order valence-corrected chi connectivity index (χ2v) is 7.85. The van der Waals surface area contributed by atoms with Gasteiger partial charge in [0.2, 0.25) is 0 Å². The zero-order valence-corrected chi connectivity index (χ0v) is 19.2. The van der Waals surface area contributed by atoms with E-state index in [9.17, 15) is 14.2 Å². The molecule has 0 heterocycles. The first kappa shape index (κ1) is 27.9. The van der Waals surface area contributed by atoms with Gasteiger partial charge in [-0.05, 0) is 24.3 Å². The molecule has 33 heavy (non-hydrogen) atoms. The van der Waals surface area contributed by atoms with Crippen LogP contribution in [-0.4, -0.2) is 23.8 Å². The van der Waals surface area contributed by atoms with Crippen molar-refractivity contribution in [1.82, 2.24) is 5.32 Å². The zero-order chi connectivity index (χ0) is 24.5. The van der Waals surface area contributed by atoms with Gasteiger partial charge < -0.3 is 24.5 Å². The second kappa shape index (κ2) is 15.6. The fraction of sp³-hybridized carbons (Fsp3) is 0.273. The molecule has 0 aliphatic heterocycles. The Hall–Kier alpha value is -3.17. The van der Waals surface area contributed by atoms with E-state index in [1.165, 1.54) is 6.08 Å². The molecule has 1 amide bonds. The summed E-state index contributed by atoms with van der Waals surface area (Å²) < 4.78 is 27.3. The van der Waals surface area contributed by atoms with Crippen molar-refractivity contribution in [2.45, 2.75) is 32.6 Å². The van der Waals surface area contributed by atoms with E-state index in [0.29, 0.717) is 11.8 Å². The van der Waals surface area contributed by atoms with Crippen LogP contribution in [0.1, 0.15) is 32.6 Å². The van der Waals surface area contributed by atoms with E-state index in [-0.39, 0.29) is 12.3 Å². The van der Waals surface area contributed by atoms with Gasteiger partial charge >= 0.3 is 19.9 Å². The number of hydrogen-bond acceptors (Lipinski definition) is 9. The highest BCUT2D eigenvalue weighted by Crippen LogP contribution is 2.50. The number of phosphoric ester groups is 1. The van der Waals surface area contributed by atoms with Crippen molar-refractivity contribution >= 4 is 30.7 Å². The summed E-state index contributed by atoms with van der Waals surface area (Å²) in [7, 11) is -4.75. The molecule has 0 aromatic heterocycles. The number of fused-ring (bicyclic) bond motifs is 1. The van der Waals surface area contributed by atoms with Gasteiger partial charge in [0, 0.05) is 18.0 Å². The zero-order valence-electron chi connectivity index (χ0n) is 18.3. The standard InChI is InChI=1S/C22H26NO7P.H3NO/c1-3-5-6-7-8-16-21(24)28-31(26,29-22(25)23-17-4-2)30-27-20-15-11-13-18-12-9-10-14-19(18)20;1-2/h4,8-16H,2-3,5-7,17H2,1H3,(H,23,25);2H,1H2/b16-8+;. The van der Waals surface area contributed by atoms with Gasteiger partial charge in [0.25, 0.3) is 0 Å². The topological polar surface area (TPSA) is 146 Å². The van der Waals surface area contributed by atoms with Crippen molar-refractivity contribution in [3.05, 3.63) is 67.3 Å². The van der Waals surface area contributed by atoms with Gasteiger partial charge in [0.15, 0.2) is 5.75 Å². The summed E-state index contributed by atoms with van der Waals surface area (Å²) in [4.78, 5) is 29.1. The summed E-state index contributed by atoms with van der Waals surface area (Å²) in [6.45, 7) is 5.56. The van der Waals surface area contributed by atoms with Crippen LogP contribution in [0.5, 0.6) is 5.75 Å². The molecule has 2 aromatic carbocycles. The number of nitrogens with two attached hydrogens (primary N) is 1. The van der Waals surface area contributed by atoms with Crippen LogP contribution in [0.15, 0.2) is 67.3 Å². The third-order valence-corrected chi connectivity index (χ3v) is 5.03. The summed E-state index contributed by atoms with van der Waals surface area (Å²) >= 11 is 0. The number of carbonyl (C=O) groups is 2. The van der Waals surface area contributed by atoms with Crippen LogP contribution in [0, 0.1) is 0 Å². The molecule has 0 spiro atoms. The second-order valence-electron chi connectivity index (χ2n) is 6.44. The van der Waals surface area contributed by atoms with Crippen molar-refractivity contribution in [3.63, 3.8) is 0 Å². The van der Waals surface area contributed by atoms with E-state index in [2.05, 4.69) is 24.7 Å². The number of unbranched alkanes of at least 4 members (excludes halogenated alkanes) is 3. The van der Waals surface area contributed by atoms with E-state index in [4.69, 9.17) is 23.8 Å². The SMILES string of the molecule is C=CCNC(=O)OP(=O)(OOc1cccc2ccccc12)OC(=O)/C=C/CCCCC.NO. The Labute approximate surface area is 192 Å². The van der Waals surface area contributed by atoms with Crippen molar-refractivity contribution in [2.24, 2.45) is 5.90 Å². The smallest absolute Gasteiger partial charge is 0.356 e. The summed E-state index contributed by atoms with van der Waals surface area (Å²) in [6, 6.07) is 12.4. The molecule has 11 heteroatoms. The molecule has 2 aromatic rings. The van der Waals surface area contributed by atoms with E-state index in [1.54, 1.807) is 30.3 Å². The lowest BCUT2D eigenvalue weighted by Gasteiger charge is -2.16. The van der Waals surface area contributed by atoms with Crippen LogP contribution in [0.3, 0.4) is 0 Å². The quantitative estimate of drug-likeness (QED) is 0.0933. The lowest BCUT2D eigenvalue weighted by molar-refractivity contribution is -0.145. The molecule has 2 rings (SSSR count). The van der Waals surface area contributed by atoms with Crippen LogP contribution < -0.4 is 16.1 Å². The van der Waals surface area contributed by atoms with Crippen molar-refractivity contribution < 1.29 is 38.0 Å². The predicted molar refractivity (Wildman–Crippen MR) is 123 cm³/mol. The normalized spacial score (nSPS) is 12.2. The van der Waals surface area contributed by atoms with Crippen molar-refractivity contribution in [1.29, 1.82) is 0 Å². The molecule has 0 aliphatic carbocycles. The van der Waals surface area contributed by atoms with E-state index in [1.807, 2.05) is 18.2 Å². The molecular weight excluding hydrogens is 451 g/mol. The third kappa shape index (κ3) is 10.3. The van der Waals surface area contributed by atoms with E-state index >= 15 is 0 Å². The summed E-state index contributed by atoms with van der Waals surface area (Å²) in [5, 5.41) is 10.3. The Bertz CT molecular complexity index is 975. The van der Waals surface area contributed by atoms with Crippen LogP contribution in [-0.2, 0) is 23.1 Å². The number of hydrogen-bond donors (Lipinski definition) is 3. The third-order valence-electron chi connectivity index (χ3n) is 3.98. The minimum Gasteiger partial charge on any atom is -0.356 e. The summed E-state index contributed by atoms with van der Waals surface area (Å²) in [6.07, 6.45) is 6.59. The summed E-state index contributed by atoms with van der Waals surface area (Å²) in [5.74, 6) is 2.72. The maximum Gasteiger partial charge on any atom is 0.631 e. The highest BCUT2D eigenvalue weighted by molar-refractivity contribution is 7.49. The number of nitrogens with one attached hydrogen (secondary N) is 1. The molecule has 0 bridgehead atoms. The molecule has 180 valence electrons. The molecule has 0 radical (unpaired) electrons. The monoisotopic (exact) mass is 480 g/mol. The Morgan fingerprint density at radius 1 is 1.12 bits per heavy atom. The molecule has 0 fully saturated rings. The van der Waals surface area contributed by atoms with Gasteiger partial charge in [0.1, 0.15) is 0 Å². The molecular formula is C22H29N2O8P. The lowest BCUT2D eigenvalue weighted by atomic mass is 10.1. The number of amides is 1. The maximum absolute atomic E-state index is 12.9. The van der Waals surface area contributed by atoms with Crippen molar-refractivity contribution in [3.8, 4) is 5.75 Å². The van der Waals surface area contributed by atoms with Crippen LogP contribution in [0.25, 0.3) is 10.8 Å². The van der Waals surface area contributed by atoms with Crippen molar-refractivity contribution in [2.75, 3.05) is 6.54 Å². The van der Waals surface area contributed by atoms with Crippen LogP contribution >= 0.6 is 7.82 Å². The molecule has 1 unspecified atom stereocenters. The molecule has 0 saturated carbocycles. The van der Waals surface area contributed by atoms with Gasteiger partial charge in [-0.15, -0.1) is 6.58 Å². The number of benzene rings is 2. The minimum atomic E-state index is -4.75.